The number of pyridine rings is 2. The molecular formula is C54H34N2O. The maximum absolute atomic E-state index is 9.99. The van der Waals surface area contributed by atoms with Gasteiger partial charge in [-0.15, -0.1) is 0 Å². The lowest BCUT2D eigenvalue weighted by molar-refractivity contribution is 0.181. The summed E-state index contributed by atoms with van der Waals surface area (Å²) >= 11 is 0. The van der Waals surface area contributed by atoms with E-state index in [0.717, 1.165) is 60.0 Å². The lowest BCUT2D eigenvalue weighted by atomic mass is 9.79. The van der Waals surface area contributed by atoms with E-state index in [2.05, 4.69) is 71.7 Å². The van der Waals surface area contributed by atoms with Crippen molar-refractivity contribution in [3.63, 3.8) is 0 Å². The number of nitrogens with zero attached hydrogens (tertiary/aromatic N) is 2. The third-order valence-electron chi connectivity index (χ3n) is 11.6. The molecule has 0 saturated carbocycles. The number of ether oxygens (including phenoxy) is 1. The highest BCUT2D eigenvalue weighted by molar-refractivity contribution is 6.23. The molecule has 1 aliphatic rings. The zero-order chi connectivity index (χ0) is 42.7. The molecule has 0 radical (unpaired) electrons. The second-order valence-electron chi connectivity index (χ2n) is 14.7. The van der Waals surface area contributed by atoms with Crippen molar-refractivity contribution in [1.29, 1.82) is 0 Å². The normalized spacial score (nSPS) is 17.3. The molecule has 1 aliphatic heterocycles. The van der Waals surface area contributed by atoms with Crippen molar-refractivity contribution in [3.05, 3.63) is 216 Å². The van der Waals surface area contributed by atoms with E-state index in [-0.39, 0.29) is 46.1 Å². The maximum atomic E-state index is 9.99. The fourth-order valence-electron chi connectivity index (χ4n) is 9.09. The molecular weight excluding hydrogens is 693 g/mol. The van der Waals surface area contributed by atoms with E-state index in [4.69, 9.17) is 12.5 Å². The molecule has 0 N–H and O–H groups in total. The highest BCUT2D eigenvalue weighted by Gasteiger charge is 2.41. The second-order valence-corrected chi connectivity index (χ2v) is 14.7. The zero-order valence-electron chi connectivity index (χ0n) is 36.5. The van der Waals surface area contributed by atoms with Crippen LogP contribution in [0.4, 0.5) is 0 Å². The maximum Gasteiger partial charge on any atom is 0.135 e. The quantitative estimate of drug-likeness (QED) is 0.165. The van der Waals surface area contributed by atoms with E-state index in [0.29, 0.717) is 22.5 Å². The summed E-state index contributed by atoms with van der Waals surface area (Å²) in [4.78, 5) is 9.67. The van der Waals surface area contributed by atoms with Crippen LogP contribution in [-0.2, 0) is 4.74 Å². The molecule has 0 aliphatic carbocycles. The van der Waals surface area contributed by atoms with Gasteiger partial charge in [-0.3, -0.25) is 4.98 Å². The molecule has 2 aromatic heterocycles. The minimum Gasteiger partial charge on any atom is -0.484 e. The minimum atomic E-state index is -0.635. The molecule has 2 unspecified atom stereocenters. The highest BCUT2D eigenvalue weighted by atomic mass is 16.5. The Bertz CT molecular complexity index is 3730. The van der Waals surface area contributed by atoms with Crippen molar-refractivity contribution >= 4 is 76.2 Å². The molecule has 3 heterocycles. The molecule has 0 saturated heterocycles. The van der Waals surface area contributed by atoms with Crippen LogP contribution in [0.15, 0.2) is 194 Å². The molecule has 266 valence electrons. The van der Waals surface area contributed by atoms with E-state index in [1.807, 2.05) is 78.9 Å². The van der Waals surface area contributed by atoms with Crippen LogP contribution in [0.3, 0.4) is 0 Å². The topological polar surface area (TPSA) is 35.0 Å². The fraction of sp³-hybridized carbons (Fsp3) is 0.0370. The van der Waals surface area contributed by atoms with Crippen LogP contribution in [0.5, 0.6) is 0 Å². The molecule has 9 aromatic carbocycles. The van der Waals surface area contributed by atoms with Crippen molar-refractivity contribution in [2.75, 3.05) is 0 Å². The molecule has 2 atom stereocenters. The lowest BCUT2D eigenvalue weighted by Crippen LogP contribution is -2.10. The van der Waals surface area contributed by atoms with E-state index in [9.17, 15) is 5.48 Å². The van der Waals surface area contributed by atoms with Crippen LogP contribution >= 0.6 is 0 Å². The monoisotopic (exact) mass is 732 g/mol. The molecule has 0 amide bonds. The van der Waals surface area contributed by atoms with Crippen LogP contribution in [0.2, 0.25) is 0 Å². The Balaban J connectivity index is 1.18. The Morgan fingerprint density at radius 1 is 0.491 bits per heavy atom. The van der Waals surface area contributed by atoms with Gasteiger partial charge in [0.15, 0.2) is 0 Å². The number of hydrogen-bond acceptors (Lipinski definition) is 3. The van der Waals surface area contributed by atoms with Gasteiger partial charge < -0.3 is 4.74 Å². The first kappa shape index (κ1) is 26.4. The van der Waals surface area contributed by atoms with Gasteiger partial charge >= 0.3 is 0 Å². The van der Waals surface area contributed by atoms with Gasteiger partial charge in [-0.25, -0.2) is 4.98 Å². The van der Waals surface area contributed by atoms with Crippen LogP contribution in [0, 0.1) is 0 Å². The van der Waals surface area contributed by atoms with Gasteiger partial charge in [-0.2, -0.15) is 0 Å². The summed E-state index contributed by atoms with van der Waals surface area (Å²) in [5.41, 5.74) is 5.35. The molecule has 3 heteroatoms. The summed E-state index contributed by atoms with van der Waals surface area (Å²) in [5.74, 6) is -0.128. The Kier molecular flexibility index (Phi) is 5.84. The molecule has 0 bridgehead atoms. The zero-order valence-corrected chi connectivity index (χ0v) is 30.5. The van der Waals surface area contributed by atoms with Crippen LogP contribution in [-0.4, -0.2) is 9.97 Å². The minimum absolute atomic E-state index is 0.0983. The first-order valence-electron chi connectivity index (χ1n) is 22.1. The Hall–Kier alpha value is -7.36. The van der Waals surface area contributed by atoms with E-state index in [1.54, 1.807) is 12.3 Å². The van der Waals surface area contributed by atoms with Crippen molar-refractivity contribution in [3.8, 4) is 11.3 Å². The third kappa shape index (κ3) is 4.92. The summed E-state index contributed by atoms with van der Waals surface area (Å²) in [6.07, 6.45) is 1.07. The predicted octanol–water partition coefficient (Wildman–Crippen LogP) is 13.9. The van der Waals surface area contributed by atoms with E-state index in [1.165, 1.54) is 5.39 Å². The first-order chi connectivity index (χ1) is 30.8. The molecule has 11 aromatic rings. The Morgan fingerprint density at radius 3 is 1.93 bits per heavy atom. The van der Waals surface area contributed by atoms with E-state index < -0.39 is 24.1 Å². The third-order valence-corrected chi connectivity index (χ3v) is 11.6. The highest BCUT2D eigenvalue weighted by Crippen LogP contribution is 2.56. The van der Waals surface area contributed by atoms with Gasteiger partial charge in [-0.1, -0.05) is 170 Å². The summed E-state index contributed by atoms with van der Waals surface area (Å²) in [7, 11) is 0. The fourth-order valence-corrected chi connectivity index (χ4v) is 9.09. The van der Waals surface area contributed by atoms with Gasteiger partial charge in [0.25, 0.3) is 0 Å². The standard InChI is InChI=1S/C54H34N2O/c1-3-11-33(12-4-1)49-50(34-13-5-2-6-14-34)54(45-28-25-37-21-20-35-15-9-16-36-24-27-43(45)48(37)47(35)36)57-53(49)44-30-29-42(40-18-7-8-19-41(40)44)46-31-26-39-23-22-38-17-10-32-55-51(38)52(39)56-46/h1-32,50,54H/i7D,8D,18D,19D,29D,30D. The van der Waals surface area contributed by atoms with Crippen LogP contribution in [0.1, 0.15) is 42.5 Å². The average Bonchev–Trinajstić information content (AvgIpc) is 3.72. The van der Waals surface area contributed by atoms with Crippen molar-refractivity contribution < 1.29 is 13.0 Å². The average molecular weight is 733 g/mol. The molecule has 0 spiro atoms. The molecule has 12 rings (SSSR count). The second kappa shape index (κ2) is 12.6. The van der Waals surface area contributed by atoms with Crippen molar-refractivity contribution in [1.82, 2.24) is 9.97 Å². The number of rotatable bonds is 5. The summed E-state index contributed by atoms with van der Waals surface area (Å²) in [6.45, 7) is 0. The van der Waals surface area contributed by atoms with Crippen molar-refractivity contribution in [2.45, 2.75) is 12.0 Å². The van der Waals surface area contributed by atoms with Gasteiger partial charge in [0.05, 0.1) is 30.9 Å². The summed E-state index contributed by atoms with van der Waals surface area (Å²) in [5, 5.41) is 8.66. The SMILES string of the molecule is [2H]c1c([2H])c([2H])c2c(-c3ccc4ccc5cccnc5c4n3)c([2H])c([2H])c(C3=C(c4ccccc4)C(c4ccccc4)C(c4ccc5ccc6cccc7ccc4c5c67)O3)c2c1[2H]. The van der Waals surface area contributed by atoms with Gasteiger partial charge in [0.2, 0.25) is 0 Å². The smallest absolute Gasteiger partial charge is 0.135 e. The van der Waals surface area contributed by atoms with Crippen LogP contribution < -0.4 is 0 Å². The first-order valence-corrected chi connectivity index (χ1v) is 19.1. The number of aromatic nitrogens is 2. The predicted molar refractivity (Wildman–Crippen MR) is 236 cm³/mol. The molecule has 0 fully saturated rings. The van der Waals surface area contributed by atoms with Crippen LogP contribution in [0.25, 0.3) is 87.5 Å². The molecule has 3 nitrogen and oxygen atoms in total. The van der Waals surface area contributed by atoms with E-state index >= 15 is 0 Å². The largest absolute Gasteiger partial charge is 0.484 e. The number of fused-ring (bicyclic) bond motifs is 4. The number of benzene rings is 9. The van der Waals surface area contributed by atoms with Gasteiger partial charge in [0.1, 0.15) is 11.9 Å². The summed E-state index contributed by atoms with van der Waals surface area (Å²) < 4.78 is 64.2. The summed E-state index contributed by atoms with van der Waals surface area (Å²) in [6, 6.07) is 48.7. The Labute approximate surface area is 337 Å². The Morgan fingerprint density at radius 2 is 1.12 bits per heavy atom. The van der Waals surface area contributed by atoms with Gasteiger partial charge in [0, 0.05) is 39.2 Å². The van der Waals surface area contributed by atoms with Crippen molar-refractivity contribution in [2.24, 2.45) is 0 Å². The number of hydrogen-bond donors (Lipinski definition) is 0. The lowest BCUT2D eigenvalue weighted by Gasteiger charge is -2.25. The molecule has 57 heavy (non-hydrogen) atoms. The van der Waals surface area contributed by atoms with Gasteiger partial charge in [-0.05, 0) is 72.4 Å².